The number of hydrogen-bond acceptors (Lipinski definition) is 16. The van der Waals surface area contributed by atoms with Gasteiger partial charge in [0.2, 0.25) is 0 Å². The van der Waals surface area contributed by atoms with E-state index in [0.717, 1.165) is 36.7 Å². The zero-order valence-corrected chi connectivity index (χ0v) is 21.6. The molecule has 0 fully saturated rings. The molecule has 0 aliphatic rings. The highest BCUT2D eigenvalue weighted by Crippen LogP contribution is 2.30. The number of esters is 2. The van der Waals surface area contributed by atoms with Crippen LogP contribution in [-0.2, 0) is 19.1 Å². The van der Waals surface area contributed by atoms with Gasteiger partial charge >= 0.3 is 23.3 Å². The maximum atomic E-state index is 12.7. The van der Waals surface area contributed by atoms with E-state index in [0.29, 0.717) is 12.1 Å². The maximum Gasteiger partial charge on any atom is 0.340 e. The van der Waals surface area contributed by atoms with Gasteiger partial charge in [0.1, 0.15) is 11.4 Å². The Morgan fingerprint density at radius 3 is 1.33 bits per heavy atom. The van der Waals surface area contributed by atoms with Gasteiger partial charge < -0.3 is 9.47 Å². The van der Waals surface area contributed by atoms with Crippen LogP contribution >= 0.6 is 0 Å². The second kappa shape index (κ2) is 14.7. The van der Waals surface area contributed by atoms with Gasteiger partial charge in [-0.15, -0.1) is 0 Å². The molecule has 0 aliphatic carbocycles. The van der Waals surface area contributed by atoms with Crippen molar-refractivity contribution in [3.63, 3.8) is 0 Å². The lowest BCUT2D eigenvalue weighted by molar-refractivity contribution is -0.393. The van der Waals surface area contributed by atoms with Crippen LogP contribution in [0.2, 0.25) is 0 Å². The van der Waals surface area contributed by atoms with Crippen molar-refractivity contribution in [3.05, 3.63) is 88.0 Å². The normalized spacial score (nSPS) is 11.5. The molecule has 0 heterocycles. The van der Waals surface area contributed by atoms with E-state index in [1.165, 1.54) is 13.8 Å². The number of nitro groups is 4. The van der Waals surface area contributed by atoms with Crippen LogP contribution in [0, 0.1) is 40.5 Å². The zero-order valence-electron chi connectivity index (χ0n) is 21.6. The van der Waals surface area contributed by atoms with Crippen molar-refractivity contribution in [3.8, 4) is 0 Å². The van der Waals surface area contributed by atoms with E-state index in [1.54, 1.807) is 0 Å². The Bertz CT molecular complexity index is 1410. The summed E-state index contributed by atoms with van der Waals surface area (Å²) in [4.78, 5) is 66.5. The molecular formula is C22H20N8O12. The van der Waals surface area contributed by atoms with Gasteiger partial charge in [-0.1, -0.05) is 0 Å². The molecule has 0 unspecified atom stereocenters. The summed E-state index contributed by atoms with van der Waals surface area (Å²) in [5, 5.41) is 52.0. The maximum absolute atomic E-state index is 12.7. The third kappa shape index (κ3) is 8.33. The van der Waals surface area contributed by atoms with Gasteiger partial charge in [0, 0.05) is 12.1 Å². The van der Waals surface area contributed by atoms with E-state index in [4.69, 9.17) is 9.47 Å². The first-order valence-corrected chi connectivity index (χ1v) is 11.4. The van der Waals surface area contributed by atoms with Crippen LogP contribution in [0.3, 0.4) is 0 Å². The lowest BCUT2D eigenvalue weighted by atomic mass is 10.1. The molecular weight excluding hydrogens is 568 g/mol. The summed E-state index contributed by atoms with van der Waals surface area (Å²) in [5.74, 6) is -2.23. The molecule has 0 aromatic heterocycles. The van der Waals surface area contributed by atoms with E-state index in [2.05, 4.69) is 21.1 Å². The smallest absolute Gasteiger partial charge is 0.340 e. The van der Waals surface area contributed by atoms with Gasteiger partial charge in [-0.05, 0) is 26.0 Å². The van der Waals surface area contributed by atoms with Gasteiger partial charge in [-0.3, -0.25) is 51.3 Å². The molecule has 2 rings (SSSR count). The van der Waals surface area contributed by atoms with Crippen LogP contribution in [0.4, 0.5) is 34.1 Å². The van der Waals surface area contributed by atoms with Crippen LogP contribution in [-0.4, -0.2) is 57.3 Å². The van der Waals surface area contributed by atoms with Crippen LogP contribution in [0.1, 0.15) is 13.8 Å². The van der Waals surface area contributed by atoms with E-state index in [1.807, 2.05) is 0 Å². The van der Waals surface area contributed by atoms with Gasteiger partial charge in [0.25, 0.3) is 11.4 Å². The second-order valence-corrected chi connectivity index (χ2v) is 7.44. The number of carbonyl (C=O) groups is 2. The minimum atomic E-state index is -1.11. The Balaban J connectivity index is 2.54. The third-order valence-electron chi connectivity index (χ3n) is 4.82. The fourth-order valence-corrected chi connectivity index (χ4v) is 2.97. The lowest BCUT2D eigenvalue weighted by Crippen LogP contribution is -2.19. The SMILES string of the molecule is CCOC(=O)C(/C=N/Nc1ccc([N+](=O)[O-])cc1[N+](=O)[O-])=C(\C=N\Nc1ccc([N+](=O)[O-])cc1[N+](=O)[O-])C(=O)OCC. The van der Waals surface area contributed by atoms with E-state index in [-0.39, 0.29) is 24.6 Å². The summed E-state index contributed by atoms with van der Waals surface area (Å²) in [6.07, 6.45) is 1.49. The number of nitro benzene ring substituents is 4. The van der Waals surface area contributed by atoms with Crippen LogP contribution < -0.4 is 10.9 Å². The number of benzene rings is 2. The molecule has 0 aliphatic heterocycles. The number of nitrogens with one attached hydrogen (secondary N) is 2. The number of non-ortho nitro benzene ring substituents is 2. The number of nitrogens with zero attached hydrogens (tertiary/aromatic N) is 6. The van der Waals surface area contributed by atoms with Crippen molar-refractivity contribution in [1.82, 2.24) is 0 Å². The number of carbonyl (C=O) groups excluding carboxylic acids is 2. The largest absolute Gasteiger partial charge is 0.462 e. The van der Waals surface area contributed by atoms with Crippen LogP contribution in [0.15, 0.2) is 57.7 Å². The fraction of sp³-hybridized carbons (Fsp3) is 0.182. The Kier molecular flexibility index (Phi) is 11.2. The summed E-state index contributed by atoms with van der Waals surface area (Å²) in [6.45, 7) is 2.60. The first-order valence-electron chi connectivity index (χ1n) is 11.4. The van der Waals surface area contributed by atoms with E-state index >= 15 is 0 Å². The zero-order chi connectivity index (χ0) is 31.4. The first-order chi connectivity index (χ1) is 19.9. The quantitative estimate of drug-likeness (QED) is 0.105. The topological polar surface area (TPSA) is 274 Å². The average Bonchev–Trinajstić information content (AvgIpc) is 2.93. The van der Waals surface area contributed by atoms with E-state index < -0.39 is 65.5 Å². The van der Waals surface area contributed by atoms with Crippen molar-refractivity contribution in [1.29, 1.82) is 0 Å². The Morgan fingerprint density at radius 2 is 1.05 bits per heavy atom. The molecule has 20 nitrogen and oxygen atoms in total. The highest BCUT2D eigenvalue weighted by atomic mass is 16.6. The lowest BCUT2D eigenvalue weighted by Gasteiger charge is -2.08. The van der Waals surface area contributed by atoms with Gasteiger partial charge in [0.05, 0.1) is 68.6 Å². The van der Waals surface area contributed by atoms with Crippen molar-refractivity contribution in [2.24, 2.45) is 10.2 Å². The number of hydrazone groups is 2. The minimum Gasteiger partial charge on any atom is -0.462 e. The second-order valence-electron chi connectivity index (χ2n) is 7.44. The number of rotatable bonds is 14. The highest BCUT2D eigenvalue weighted by Gasteiger charge is 2.23. The molecule has 0 saturated carbocycles. The molecule has 0 amide bonds. The average molecular weight is 588 g/mol. The molecule has 2 aromatic rings. The van der Waals surface area contributed by atoms with Crippen molar-refractivity contribution in [2.45, 2.75) is 13.8 Å². The van der Waals surface area contributed by atoms with E-state index in [9.17, 15) is 50.0 Å². The fourth-order valence-electron chi connectivity index (χ4n) is 2.97. The Morgan fingerprint density at radius 1 is 0.690 bits per heavy atom. The summed E-state index contributed by atoms with van der Waals surface area (Å²) in [7, 11) is 0. The minimum absolute atomic E-state index is 0.155. The number of ether oxygens (including phenoxy) is 2. The third-order valence-corrected chi connectivity index (χ3v) is 4.82. The molecule has 42 heavy (non-hydrogen) atoms. The monoisotopic (exact) mass is 588 g/mol. The van der Waals surface area contributed by atoms with Gasteiger partial charge in [-0.25, -0.2) is 9.59 Å². The van der Waals surface area contributed by atoms with Crippen molar-refractivity contribution >= 4 is 58.5 Å². The Labute approximate surface area is 233 Å². The summed E-state index contributed by atoms with van der Waals surface area (Å²) >= 11 is 0. The molecule has 2 aromatic carbocycles. The molecule has 0 spiro atoms. The predicted molar refractivity (Wildman–Crippen MR) is 144 cm³/mol. The van der Waals surface area contributed by atoms with Crippen molar-refractivity contribution in [2.75, 3.05) is 24.1 Å². The molecule has 0 radical (unpaired) electrons. The molecule has 20 heteroatoms. The number of anilines is 2. The molecule has 0 atom stereocenters. The van der Waals surface area contributed by atoms with Crippen molar-refractivity contribution < 1.29 is 38.8 Å². The molecule has 220 valence electrons. The standard InChI is InChI=1S/C22H20N8O12/c1-3-41-21(31)15(11-23-25-17-7-5-13(27(33)34)9-19(17)29(37)38)16(22(32)42-4-2)12-24-26-18-8-6-14(28(35)36)10-20(18)30(39)40/h5-12,25-26H,3-4H2,1-2H3/b16-15+,23-11+,24-12+. The molecule has 2 N–H and O–H groups in total. The molecule has 0 saturated heterocycles. The van der Waals surface area contributed by atoms with Gasteiger partial charge in [0.15, 0.2) is 0 Å². The highest BCUT2D eigenvalue weighted by molar-refractivity contribution is 6.23. The first kappa shape index (κ1) is 31.9. The van der Waals surface area contributed by atoms with Crippen LogP contribution in [0.25, 0.3) is 0 Å². The summed E-state index contributed by atoms with van der Waals surface area (Å²) in [6, 6.07) is 5.28. The van der Waals surface area contributed by atoms with Gasteiger partial charge in [-0.2, -0.15) is 10.2 Å². The van der Waals surface area contributed by atoms with Crippen LogP contribution in [0.5, 0.6) is 0 Å². The molecule has 0 bridgehead atoms. The predicted octanol–water partition coefficient (Wildman–Crippen LogP) is 3.24. The number of hydrogen-bond donors (Lipinski definition) is 2. The summed E-state index contributed by atoms with van der Waals surface area (Å²) in [5.41, 5.74) is 0.185. The summed E-state index contributed by atoms with van der Waals surface area (Å²) < 4.78 is 9.86. The Hall–Kier alpha value is -6.34.